The van der Waals surface area contributed by atoms with Crippen molar-refractivity contribution in [2.45, 2.75) is 31.4 Å². The molecule has 2 aliphatic rings. The lowest BCUT2D eigenvalue weighted by Gasteiger charge is -2.55. The first-order valence-electron chi connectivity index (χ1n) is 9.15. The number of nitrogens with one attached hydrogen (secondary N) is 1. The van der Waals surface area contributed by atoms with Crippen LogP contribution in [0.3, 0.4) is 0 Å². The van der Waals surface area contributed by atoms with Crippen molar-refractivity contribution >= 4 is 18.3 Å². The van der Waals surface area contributed by atoms with E-state index in [0.29, 0.717) is 17.5 Å². The number of amides is 1. The van der Waals surface area contributed by atoms with Gasteiger partial charge >= 0.3 is 0 Å². The van der Waals surface area contributed by atoms with Crippen LogP contribution >= 0.6 is 12.4 Å². The van der Waals surface area contributed by atoms with Crippen LogP contribution in [0.25, 0.3) is 0 Å². The second kappa shape index (κ2) is 7.96. The molecule has 1 saturated carbocycles. The summed E-state index contributed by atoms with van der Waals surface area (Å²) in [5.74, 6) is 0.102. The van der Waals surface area contributed by atoms with E-state index in [1.807, 2.05) is 18.3 Å². The van der Waals surface area contributed by atoms with Gasteiger partial charge in [-0.3, -0.25) is 14.7 Å². The van der Waals surface area contributed by atoms with Crippen molar-refractivity contribution in [2.75, 3.05) is 20.2 Å². The van der Waals surface area contributed by atoms with Gasteiger partial charge in [0.25, 0.3) is 5.91 Å². The Labute approximate surface area is 165 Å². The number of halogens is 1. The highest BCUT2D eigenvalue weighted by Gasteiger charge is 2.54. The molecule has 2 bridgehead atoms. The number of fused-ring (bicyclic) bond motifs is 2. The van der Waals surface area contributed by atoms with E-state index in [1.54, 1.807) is 19.6 Å². The van der Waals surface area contributed by atoms with Gasteiger partial charge in [-0.2, -0.15) is 0 Å². The van der Waals surface area contributed by atoms with Gasteiger partial charge in [0, 0.05) is 62.2 Å². The van der Waals surface area contributed by atoms with Gasteiger partial charge in [-0.05, 0) is 18.9 Å². The molecule has 146 valence electrons. The smallest absolute Gasteiger partial charge is 0.267 e. The van der Waals surface area contributed by atoms with Crippen LogP contribution in [0.2, 0.25) is 0 Å². The average Bonchev–Trinajstić information content (AvgIpc) is 3.14. The third-order valence-corrected chi connectivity index (χ3v) is 6.02. The predicted molar refractivity (Wildman–Crippen MR) is 103 cm³/mol. The molecule has 1 amide bonds. The molecule has 3 N–H and O–H groups in total. The lowest BCUT2D eigenvalue weighted by Crippen LogP contribution is -2.59. The van der Waals surface area contributed by atoms with E-state index >= 15 is 0 Å². The summed E-state index contributed by atoms with van der Waals surface area (Å²) in [6.07, 6.45) is 8.53. The molecule has 1 aliphatic heterocycles. The number of carbonyl (C=O) groups excluding carboxylic acids is 1. The van der Waals surface area contributed by atoms with Gasteiger partial charge in [-0.1, -0.05) is 12.5 Å². The number of aromatic nitrogens is 3. The van der Waals surface area contributed by atoms with Crippen LogP contribution in [0.5, 0.6) is 0 Å². The predicted octanol–water partition coefficient (Wildman–Crippen LogP) is 2.10. The maximum absolute atomic E-state index is 12.0. The summed E-state index contributed by atoms with van der Waals surface area (Å²) >= 11 is 0. The number of imidazole rings is 1. The molecule has 1 saturated heterocycles. The van der Waals surface area contributed by atoms with Gasteiger partial charge in [0.2, 0.25) is 0 Å². The molecule has 7 nitrogen and oxygen atoms in total. The van der Waals surface area contributed by atoms with Gasteiger partial charge in [0.1, 0.15) is 11.3 Å². The van der Waals surface area contributed by atoms with Crippen molar-refractivity contribution in [1.29, 1.82) is 0 Å². The van der Waals surface area contributed by atoms with E-state index < -0.39 is 11.5 Å². The number of carbonyl (C=O) groups is 1. The molecule has 8 heteroatoms. The zero-order chi connectivity index (χ0) is 18.1. The minimum atomic E-state index is -0.499. The lowest BCUT2D eigenvalue weighted by atomic mass is 9.62. The molecule has 0 radical (unpaired) electrons. The normalized spacial score (nSPS) is 27.7. The monoisotopic (exact) mass is 391 g/mol. The number of nitrogens with two attached hydrogens (primary N) is 1. The van der Waals surface area contributed by atoms with Crippen molar-refractivity contribution in [1.82, 2.24) is 19.9 Å². The molecule has 27 heavy (non-hydrogen) atoms. The molecule has 1 unspecified atom stereocenters. The second-order valence-electron chi connectivity index (χ2n) is 7.36. The summed E-state index contributed by atoms with van der Waals surface area (Å²) < 4.78 is 6.21. The molecule has 1 aliphatic carbocycles. The summed E-state index contributed by atoms with van der Waals surface area (Å²) in [5.41, 5.74) is 7.44. The summed E-state index contributed by atoms with van der Waals surface area (Å²) in [7, 11) is 1.76. The molecule has 2 aromatic heterocycles. The maximum atomic E-state index is 12.0. The Kier molecular flexibility index (Phi) is 5.83. The third kappa shape index (κ3) is 3.35. The zero-order valence-corrected chi connectivity index (χ0v) is 16.2. The minimum Gasteiger partial charge on any atom is -0.373 e. The summed E-state index contributed by atoms with van der Waals surface area (Å²) in [4.78, 5) is 26.0. The van der Waals surface area contributed by atoms with Gasteiger partial charge in [0.15, 0.2) is 0 Å². The highest BCUT2D eigenvalue weighted by atomic mass is 35.5. The lowest BCUT2D eigenvalue weighted by molar-refractivity contribution is -0.170. The molecule has 2 fully saturated rings. The van der Waals surface area contributed by atoms with Crippen LogP contribution < -0.4 is 5.73 Å². The van der Waals surface area contributed by atoms with Crippen molar-refractivity contribution in [3.05, 3.63) is 47.8 Å². The van der Waals surface area contributed by atoms with Crippen LogP contribution in [0, 0.1) is 11.8 Å². The number of ether oxygens (including phenoxy) is 1. The molecule has 3 atom stereocenters. The molecule has 0 aromatic carbocycles. The SMILES string of the molecule is COC1(c2cccnc2C(N)=O)[C@@H]2CCC[C@H]1CN(Cc1cnc[nH]1)C2.Cl. The largest absolute Gasteiger partial charge is 0.373 e. The van der Waals surface area contributed by atoms with Gasteiger partial charge in [-0.15, -0.1) is 12.4 Å². The molecule has 2 aromatic rings. The molecule has 4 rings (SSSR count). The van der Waals surface area contributed by atoms with Crippen molar-refractivity contribution in [3.63, 3.8) is 0 Å². The Morgan fingerprint density at radius 1 is 1.41 bits per heavy atom. The molecular formula is C19H26ClN5O2. The number of rotatable bonds is 5. The first-order valence-corrected chi connectivity index (χ1v) is 9.15. The van der Waals surface area contributed by atoms with Crippen LogP contribution in [-0.4, -0.2) is 46.0 Å². The van der Waals surface area contributed by atoms with E-state index in [1.165, 1.54) is 6.42 Å². The number of likely N-dealkylation sites (tertiary alicyclic amines) is 1. The van der Waals surface area contributed by atoms with Crippen LogP contribution in [-0.2, 0) is 16.9 Å². The zero-order valence-electron chi connectivity index (χ0n) is 15.4. The molecule has 0 spiro atoms. The number of hydrogen-bond donors (Lipinski definition) is 2. The Hall–Kier alpha value is -1.96. The number of nitrogens with zero attached hydrogens (tertiary/aromatic N) is 3. The summed E-state index contributed by atoms with van der Waals surface area (Å²) in [6, 6.07) is 3.84. The van der Waals surface area contributed by atoms with E-state index in [4.69, 9.17) is 10.5 Å². The Balaban J connectivity index is 0.00000210. The molecular weight excluding hydrogens is 366 g/mol. The van der Waals surface area contributed by atoms with Crippen LogP contribution in [0.15, 0.2) is 30.9 Å². The standard InChI is InChI=1S/C19H25N5O2.ClH/c1-26-19(16-6-3-7-22-17(16)18(20)25)13-4-2-5-14(19)10-24(9-13)11-15-8-21-12-23-15;/h3,6-8,12-14H,2,4-5,9-11H2,1H3,(H2,20,25)(H,21,23);1H/t13-,14+,19?;. The van der Waals surface area contributed by atoms with Crippen molar-refractivity contribution < 1.29 is 9.53 Å². The number of hydrogen-bond acceptors (Lipinski definition) is 5. The Bertz CT molecular complexity index is 768. The van der Waals surface area contributed by atoms with Crippen molar-refractivity contribution in [2.24, 2.45) is 17.6 Å². The highest BCUT2D eigenvalue weighted by Crippen LogP contribution is 2.52. The van der Waals surface area contributed by atoms with Gasteiger partial charge in [-0.25, -0.2) is 4.98 Å². The average molecular weight is 392 g/mol. The van der Waals surface area contributed by atoms with E-state index in [9.17, 15) is 4.79 Å². The minimum absolute atomic E-state index is 0. The number of pyridine rings is 1. The maximum Gasteiger partial charge on any atom is 0.267 e. The fourth-order valence-corrected chi connectivity index (χ4v) is 5.07. The van der Waals surface area contributed by atoms with Crippen molar-refractivity contribution in [3.8, 4) is 0 Å². The van der Waals surface area contributed by atoms with Crippen LogP contribution in [0.4, 0.5) is 0 Å². The first kappa shape index (κ1) is 19.8. The number of aromatic amines is 1. The third-order valence-electron chi connectivity index (χ3n) is 6.02. The van der Waals surface area contributed by atoms with Gasteiger partial charge < -0.3 is 15.5 Å². The highest BCUT2D eigenvalue weighted by molar-refractivity contribution is 5.92. The fourth-order valence-electron chi connectivity index (χ4n) is 5.07. The quantitative estimate of drug-likeness (QED) is 0.813. The number of primary amides is 1. The molecule has 3 heterocycles. The summed E-state index contributed by atoms with van der Waals surface area (Å²) in [5, 5.41) is 0. The number of H-pyrrole nitrogens is 1. The number of methoxy groups -OCH3 is 1. The van der Waals surface area contributed by atoms with Crippen LogP contribution in [0.1, 0.15) is 41.0 Å². The topological polar surface area (TPSA) is 97.1 Å². The van der Waals surface area contributed by atoms with E-state index in [-0.39, 0.29) is 12.4 Å². The van der Waals surface area contributed by atoms with E-state index in [2.05, 4.69) is 19.9 Å². The fraction of sp³-hybridized carbons (Fsp3) is 0.526. The summed E-state index contributed by atoms with van der Waals surface area (Å²) in [6.45, 7) is 2.68. The van der Waals surface area contributed by atoms with Gasteiger partial charge in [0.05, 0.1) is 6.33 Å². The Morgan fingerprint density at radius 3 is 2.74 bits per heavy atom. The Morgan fingerprint density at radius 2 is 2.15 bits per heavy atom. The van der Waals surface area contributed by atoms with E-state index in [0.717, 1.165) is 43.7 Å². The number of piperidine rings is 1. The first-order chi connectivity index (χ1) is 12.6. The second-order valence-corrected chi connectivity index (χ2v) is 7.36.